The van der Waals surface area contributed by atoms with Gasteiger partial charge in [-0.1, -0.05) is 17.7 Å². The molecule has 230 valence electrons. The van der Waals surface area contributed by atoms with Crippen LogP contribution in [0.3, 0.4) is 0 Å². The number of piperazine rings is 1. The quantitative estimate of drug-likeness (QED) is 0.293. The lowest BCUT2D eigenvalue weighted by molar-refractivity contribution is 0.107. The van der Waals surface area contributed by atoms with Crippen LogP contribution in [0.25, 0.3) is 32.8 Å². The topological polar surface area (TPSA) is 83.0 Å². The summed E-state index contributed by atoms with van der Waals surface area (Å²) in [7, 11) is 0. The Balaban J connectivity index is 1.35. The van der Waals surface area contributed by atoms with Crippen molar-refractivity contribution in [1.82, 2.24) is 20.2 Å². The number of hydrogen-bond acceptors (Lipinski definition) is 8. The SMILES string of the molecule is Oc1cc(-c2c(Cl)c3c4c(nc(OCC56CCCN5CC(F)C6)nc4c2F)N2CCNCC2CO3)c2c(F)c(F)ccc2c1. The first-order valence-corrected chi connectivity index (χ1v) is 15.1. The van der Waals surface area contributed by atoms with Crippen molar-refractivity contribution in [1.29, 1.82) is 0 Å². The lowest BCUT2D eigenvalue weighted by Gasteiger charge is -2.35. The van der Waals surface area contributed by atoms with Crippen LogP contribution in [0.2, 0.25) is 5.02 Å². The van der Waals surface area contributed by atoms with E-state index in [2.05, 4.69) is 15.2 Å². The van der Waals surface area contributed by atoms with Gasteiger partial charge in [0.2, 0.25) is 0 Å². The van der Waals surface area contributed by atoms with E-state index in [1.165, 1.54) is 12.1 Å². The minimum absolute atomic E-state index is 0.0914. The van der Waals surface area contributed by atoms with Crippen molar-refractivity contribution in [2.24, 2.45) is 0 Å². The molecule has 8 rings (SSSR count). The minimum Gasteiger partial charge on any atom is -0.508 e. The second-order valence-electron chi connectivity index (χ2n) is 12.1. The number of rotatable bonds is 4. The molecule has 0 amide bonds. The van der Waals surface area contributed by atoms with Crippen molar-refractivity contribution in [2.45, 2.75) is 37.0 Å². The molecule has 5 heterocycles. The average molecular weight is 630 g/mol. The van der Waals surface area contributed by atoms with Gasteiger partial charge in [0.05, 0.1) is 22.0 Å². The third-order valence-corrected chi connectivity index (χ3v) is 9.84. The van der Waals surface area contributed by atoms with Crippen molar-refractivity contribution in [2.75, 3.05) is 50.8 Å². The minimum atomic E-state index is -1.21. The van der Waals surface area contributed by atoms with Gasteiger partial charge in [0.1, 0.15) is 36.5 Å². The summed E-state index contributed by atoms with van der Waals surface area (Å²) in [6, 6.07) is 4.36. The highest BCUT2D eigenvalue weighted by molar-refractivity contribution is 6.37. The molecule has 4 aromatic rings. The number of halogens is 5. The first-order chi connectivity index (χ1) is 21.2. The van der Waals surface area contributed by atoms with Crippen LogP contribution >= 0.6 is 11.6 Å². The summed E-state index contributed by atoms with van der Waals surface area (Å²) in [4.78, 5) is 13.3. The zero-order valence-corrected chi connectivity index (χ0v) is 24.2. The zero-order valence-electron chi connectivity index (χ0n) is 23.5. The number of nitrogens with zero attached hydrogens (tertiary/aromatic N) is 4. The molecule has 0 spiro atoms. The molecule has 0 aliphatic carbocycles. The number of phenols is 1. The molecule has 0 radical (unpaired) electrons. The van der Waals surface area contributed by atoms with Gasteiger partial charge in [0.15, 0.2) is 23.2 Å². The highest BCUT2D eigenvalue weighted by atomic mass is 35.5. The molecule has 13 heteroatoms. The van der Waals surface area contributed by atoms with Crippen LogP contribution < -0.4 is 19.7 Å². The first-order valence-electron chi connectivity index (χ1n) is 14.7. The summed E-state index contributed by atoms with van der Waals surface area (Å²) in [6.45, 7) is 3.21. The molecule has 0 bridgehead atoms. The lowest BCUT2D eigenvalue weighted by Crippen LogP contribution is -2.53. The maximum Gasteiger partial charge on any atom is 0.319 e. The van der Waals surface area contributed by atoms with E-state index >= 15 is 8.78 Å². The zero-order chi connectivity index (χ0) is 30.3. The number of ether oxygens (including phenoxy) is 2. The maximum absolute atomic E-state index is 16.9. The summed E-state index contributed by atoms with van der Waals surface area (Å²) in [6.07, 6.45) is 1.08. The monoisotopic (exact) mass is 629 g/mol. The lowest BCUT2D eigenvalue weighted by atomic mass is 9.95. The second-order valence-corrected chi connectivity index (χ2v) is 12.4. The highest BCUT2D eigenvalue weighted by Gasteiger charge is 2.49. The highest BCUT2D eigenvalue weighted by Crippen LogP contribution is 2.50. The van der Waals surface area contributed by atoms with E-state index in [-0.39, 0.29) is 74.6 Å². The van der Waals surface area contributed by atoms with Gasteiger partial charge in [0.25, 0.3) is 0 Å². The molecule has 1 aromatic heterocycles. The summed E-state index contributed by atoms with van der Waals surface area (Å²) in [5.74, 6) is -3.09. The third kappa shape index (κ3) is 4.17. The molecule has 3 fully saturated rings. The fraction of sp³-hybridized carbons (Fsp3) is 0.419. The average Bonchev–Trinajstić information content (AvgIpc) is 3.47. The number of alkyl halides is 1. The smallest absolute Gasteiger partial charge is 0.319 e. The van der Waals surface area contributed by atoms with Gasteiger partial charge in [-0.05, 0) is 43.0 Å². The van der Waals surface area contributed by atoms with E-state index < -0.39 is 29.2 Å². The van der Waals surface area contributed by atoms with Crippen LogP contribution in [0, 0.1) is 17.5 Å². The molecule has 44 heavy (non-hydrogen) atoms. The number of phenolic OH excluding ortho intramolecular Hbond substituents is 1. The third-order valence-electron chi connectivity index (χ3n) is 9.48. The van der Waals surface area contributed by atoms with Crippen LogP contribution in [-0.4, -0.2) is 83.7 Å². The van der Waals surface area contributed by atoms with Crippen molar-refractivity contribution < 1.29 is 32.1 Å². The molecule has 3 atom stereocenters. The molecular weight excluding hydrogens is 602 g/mol. The van der Waals surface area contributed by atoms with E-state index in [1.807, 2.05) is 4.90 Å². The van der Waals surface area contributed by atoms with Gasteiger partial charge in [-0.3, -0.25) is 4.90 Å². The molecule has 3 unspecified atom stereocenters. The summed E-state index contributed by atoms with van der Waals surface area (Å²) < 4.78 is 73.4. The van der Waals surface area contributed by atoms with Gasteiger partial charge in [-0.25, -0.2) is 17.6 Å². The van der Waals surface area contributed by atoms with Crippen LogP contribution in [-0.2, 0) is 0 Å². The molecule has 4 aliphatic heterocycles. The number of aromatic hydroxyl groups is 1. The molecule has 4 aliphatic rings. The van der Waals surface area contributed by atoms with Crippen molar-refractivity contribution in [3.8, 4) is 28.6 Å². The van der Waals surface area contributed by atoms with Crippen molar-refractivity contribution in [3.63, 3.8) is 0 Å². The summed E-state index contributed by atoms with van der Waals surface area (Å²) in [5, 5.41) is 13.8. The van der Waals surface area contributed by atoms with E-state index in [9.17, 15) is 13.9 Å². The fourth-order valence-corrected chi connectivity index (χ4v) is 7.81. The van der Waals surface area contributed by atoms with Gasteiger partial charge in [0, 0.05) is 49.1 Å². The normalized spacial score (nSPS) is 24.8. The Bertz CT molecular complexity index is 1850. The molecular formula is C31H28ClF4N5O3. The number of fused-ring (bicyclic) bond motifs is 4. The largest absolute Gasteiger partial charge is 0.508 e. The number of hydrogen-bond donors (Lipinski definition) is 2. The van der Waals surface area contributed by atoms with Crippen molar-refractivity contribution in [3.05, 3.63) is 46.7 Å². The van der Waals surface area contributed by atoms with Crippen LogP contribution in [0.1, 0.15) is 19.3 Å². The van der Waals surface area contributed by atoms with Crippen molar-refractivity contribution >= 4 is 39.1 Å². The number of nitrogens with one attached hydrogen (secondary N) is 1. The maximum atomic E-state index is 16.9. The predicted octanol–water partition coefficient (Wildman–Crippen LogP) is 5.35. The number of anilines is 1. The molecule has 2 N–H and O–H groups in total. The van der Waals surface area contributed by atoms with Gasteiger partial charge in [-0.15, -0.1) is 0 Å². The Morgan fingerprint density at radius 1 is 1.14 bits per heavy atom. The van der Waals surface area contributed by atoms with Crippen LogP contribution in [0.4, 0.5) is 23.4 Å². The Morgan fingerprint density at radius 2 is 2.00 bits per heavy atom. The fourth-order valence-electron chi connectivity index (χ4n) is 7.47. The molecule has 3 saturated heterocycles. The second kappa shape index (κ2) is 10.2. The van der Waals surface area contributed by atoms with Gasteiger partial charge >= 0.3 is 6.01 Å². The van der Waals surface area contributed by atoms with E-state index in [1.54, 1.807) is 0 Å². The molecule has 0 saturated carbocycles. The number of aromatic nitrogens is 2. The molecule has 3 aromatic carbocycles. The van der Waals surface area contributed by atoms with E-state index in [0.717, 1.165) is 31.5 Å². The summed E-state index contributed by atoms with van der Waals surface area (Å²) >= 11 is 6.88. The number of benzene rings is 3. The molecule has 8 nitrogen and oxygen atoms in total. The van der Waals surface area contributed by atoms with E-state index in [4.69, 9.17) is 26.1 Å². The Hall–Kier alpha value is -3.61. The van der Waals surface area contributed by atoms with E-state index in [0.29, 0.717) is 38.4 Å². The predicted molar refractivity (Wildman–Crippen MR) is 157 cm³/mol. The first kappa shape index (κ1) is 27.9. The Morgan fingerprint density at radius 3 is 2.86 bits per heavy atom. The Kier molecular flexibility index (Phi) is 6.48. The van der Waals surface area contributed by atoms with Crippen LogP contribution in [0.15, 0.2) is 24.3 Å². The Labute approximate surface area is 254 Å². The van der Waals surface area contributed by atoms with Gasteiger partial charge in [-0.2, -0.15) is 9.97 Å². The van der Waals surface area contributed by atoms with Gasteiger partial charge < -0.3 is 24.8 Å². The van der Waals surface area contributed by atoms with Crippen LogP contribution in [0.5, 0.6) is 17.5 Å². The standard InChI is InChI=1S/C31H28ClF4N5O3/c32-24-22(19-9-18(42)8-15-2-3-20(34)25(35)21(15)19)26(36)27-23-28(24)43-13-17-11-37-5-7-41(17)29(23)39-30(38-27)44-14-31-4-1-6-40(31)12-16(33)10-31/h2-3,8-9,16-17,37,42H,1,4-7,10-14H2. The summed E-state index contributed by atoms with van der Waals surface area (Å²) in [5.41, 5.74) is -1.12.